The highest BCUT2D eigenvalue weighted by atomic mass is 35.5. The summed E-state index contributed by atoms with van der Waals surface area (Å²) in [6, 6.07) is 6.25. The second kappa shape index (κ2) is 8.23. The maximum Gasteiger partial charge on any atom is 0.0595 e. The molecule has 20 heavy (non-hydrogen) atoms. The van der Waals surface area contributed by atoms with E-state index < -0.39 is 0 Å². The predicted molar refractivity (Wildman–Crippen MR) is 85.7 cm³/mol. The summed E-state index contributed by atoms with van der Waals surface area (Å²) in [5, 5.41) is 4.84. The highest BCUT2D eigenvalue weighted by Gasteiger charge is 2.19. The van der Waals surface area contributed by atoms with Crippen LogP contribution in [0.25, 0.3) is 0 Å². The molecule has 0 aliphatic carbocycles. The number of hydrogen-bond donors (Lipinski definition) is 1. The lowest BCUT2D eigenvalue weighted by atomic mass is 9.99. The summed E-state index contributed by atoms with van der Waals surface area (Å²) in [6.07, 6.45) is 6.12. The molecule has 0 radical (unpaired) electrons. The second-order valence-corrected chi connectivity index (χ2v) is 6.21. The quantitative estimate of drug-likeness (QED) is 0.765. The fraction of sp³-hybridized carbons (Fsp3) is 0.625. The molecule has 1 aromatic rings. The maximum absolute atomic E-state index is 6.13. The van der Waals surface area contributed by atoms with Gasteiger partial charge in [-0.2, -0.15) is 0 Å². The third-order valence-corrected chi connectivity index (χ3v) is 4.53. The number of ether oxygens (including phenoxy) is 1. The van der Waals surface area contributed by atoms with Crippen LogP contribution in [0.2, 0.25) is 10.0 Å². The number of rotatable bonds is 7. The normalized spacial score (nSPS) is 20.2. The van der Waals surface area contributed by atoms with Gasteiger partial charge in [0.1, 0.15) is 0 Å². The Morgan fingerprint density at radius 2 is 2.20 bits per heavy atom. The fourth-order valence-electron chi connectivity index (χ4n) is 2.66. The van der Waals surface area contributed by atoms with Crippen LogP contribution >= 0.6 is 23.2 Å². The van der Waals surface area contributed by atoms with Gasteiger partial charge in [-0.25, -0.2) is 0 Å². The van der Waals surface area contributed by atoms with Gasteiger partial charge in [0, 0.05) is 12.6 Å². The lowest BCUT2D eigenvalue weighted by molar-refractivity contribution is 0.0996. The summed E-state index contributed by atoms with van der Waals surface area (Å²) >= 11 is 12.1. The summed E-state index contributed by atoms with van der Waals surface area (Å²) in [7, 11) is 0. The molecule has 4 heteroatoms. The molecular formula is C16H23Cl2NO. The fourth-order valence-corrected chi connectivity index (χ4v) is 2.97. The zero-order chi connectivity index (χ0) is 14.4. The number of hydrogen-bond acceptors (Lipinski definition) is 2. The Morgan fingerprint density at radius 3 is 2.85 bits per heavy atom. The summed E-state index contributed by atoms with van der Waals surface area (Å²) in [6.45, 7) is 4.11. The molecule has 0 bridgehead atoms. The summed E-state index contributed by atoms with van der Waals surface area (Å²) in [5.74, 6) is 0. The van der Waals surface area contributed by atoms with Crippen molar-refractivity contribution >= 4 is 23.2 Å². The molecule has 2 rings (SSSR count). The van der Waals surface area contributed by atoms with Crippen LogP contribution in [0.15, 0.2) is 18.2 Å². The van der Waals surface area contributed by atoms with Crippen LogP contribution in [0.4, 0.5) is 0 Å². The van der Waals surface area contributed by atoms with Gasteiger partial charge in [-0.1, -0.05) is 36.2 Å². The van der Waals surface area contributed by atoms with Crippen molar-refractivity contribution in [1.82, 2.24) is 5.32 Å². The first-order chi connectivity index (χ1) is 9.70. The first kappa shape index (κ1) is 16.1. The Hall–Kier alpha value is -0.280. The van der Waals surface area contributed by atoms with Crippen molar-refractivity contribution in [3.8, 4) is 0 Å². The summed E-state index contributed by atoms with van der Waals surface area (Å²) in [5.41, 5.74) is 1.21. The SMILES string of the molecule is CCCNC(CCC1CCCO1)c1ccc(Cl)c(Cl)c1. The number of nitrogens with one attached hydrogen (secondary N) is 1. The van der Waals surface area contributed by atoms with E-state index in [1.165, 1.54) is 18.4 Å². The average Bonchev–Trinajstić information content (AvgIpc) is 2.95. The average molecular weight is 316 g/mol. The van der Waals surface area contributed by atoms with E-state index in [0.717, 1.165) is 32.4 Å². The van der Waals surface area contributed by atoms with E-state index in [0.29, 0.717) is 22.2 Å². The van der Waals surface area contributed by atoms with E-state index in [2.05, 4.69) is 18.3 Å². The molecule has 1 N–H and O–H groups in total. The molecule has 2 atom stereocenters. The summed E-state index contributed by atoms with van der Waals surface area (Å²) < 4.78 is 5.71. The minimum absolute atomic E-state index is 0.328. The smallest absolute Gasteiger partial charge is 0.0595 e. The topological polar surface area (TPSA) is 21.3 Å². The van der Waals surface area contributed by atoms with E-state index in [1.807, 2.05) is 12.1 Å². The molecule has 0 aromatic heterocycles. The lowest BCUT2D eigenvalue weighted by Gasteiger charge is -2.21. The Bertz CT molecular complexity index is 419. The highest BCUT2D eigenvalue weighted by Crippen LogP contribution is 2.29. The van der Waals surface area contributed by atoms with Gasteiger partial charge in [-0.15, -0.1) is 0 Å². The standard InChI is InChI=1S/C16H23Cl2NO/c1-2-9-19-16(8-6-13-4-3-10-20-13)12-5-7-14(17)15(18)11-12/h5,7,11,13,16,19H,2-4,6,8-10H2,1H3. The van der Waals surface area contributed by atoms with Gasteiger partial charge in [0.05, 0.1) is 16.1 Å². The predicted octanol–water partition coefficient (Wildman–Crippen LogP) is 4.99. The molecule has 0 amide bonds. The van der Waals surface area contributed by atoms with Crippen molar-refractivity contribution in [2.75, 3.05) is 13.2 Å². The van der Waals surface area contributed by atoms with Crippen LogP contribution in [-0.2, 0) is 4.74 Å². The number of halogens is 2. The molecule has 0 spiro atoms. The maximum atomic E-state index is 6.13. The molecule has 1 saturated heterocycles. The molecule has 1 aliphatic heterocycles. The van der Waals surface area contributed by atoms with Crippen molar-refractivity contribution < 1.29 is 4.74 Å². The lowest BCUT2D eigenvalue weighted by Crippen LogP contribution is -2.23. The van der Waals surface area contributed by atoms with E-state index in [4.69, 9.17) is 27.9 Å². The Balaban J connectivity index is 1.99. The molecule has 0 saturated carbocycles. The summed E-state index contributed by atoms with van der Waals surface area (Å²) in [4.78, 5) is 0. The van der Waals surface area contributed by atoms with Gasteiger partial charge in [-0.3, -0.25) is 0 Å². The monoisotopic (exact) mass is 315 g/mol. The van der Waals surface area contributed by atoms with Crippen LogP contribution in [0.1, 0.15) is 50.6 Å². The zero-order valence-corrected chi connectivity index (χ0v) is 13.5. The minimum Gasteiger partial charge on any atom is -0.378 e. The molecule has 1 aliphatic rings. The van der Waals surface area contributed by atoms with Crippen LogP contribution < -0.4 is 5.32 Å². The van der Waals surface area contributed by atoms with E-state index >= 15 is 0 Å². The Morgan fingerprint density at radius 1 is 1.35 bits per heavy atom. The zero-order valence-electron chi connectivity index (χ0n) is 12.0. The molecular weight excluding hydrogens is 293 g/mol. The van der Waals surface area contributed by atoms with Crippen LogP contribution in [0.3, 0.4) is 0 Å². The first-order valence-corrected chi connectivity index (χ1v) is 8.26. The third-order valence-electron chi connectivity index (χ3n) is 3.79. The van der Waals surface area contributed by atoms with Crippen LogP contribution in [0, 0.1) is 0 Å². The van der Waals surface area contributed by atoms with Gasteiger partial charge in [0.2, 0.25) is 0 Å². The molecule has 1 aromatic carbocycles. The van der Waals surface area contributed by atoms with Crippen LogP contribution in [0.5, 0.6) is 0 Å². The second-order valence-electron chi connectivity index (χ2n) is 5.39. The molecule has 112 valence electrons. The van der Waals surface area contributed by atoms with E-state index in [1.54, 1.807) is 0 Å². The van der Waals surface area contributed by atoms with Crippen molar-refractivity contribution in [2.24, 2.45) is 0 Å². The Labute approximate surface area is 131 Å². The van der Waals surface area contributed by atoms with E-state index in [-0.39, 0.29) is 0 Å². The largest absolute Gasteiger partial charge is 0.378 e. The van der Waals surface area contributed by atoms with Gasteiger partial charge in [-0.05, 0) is 56.3 Å². The van der Waals surface area contributed by atoms with Gasteiger partial charge < -0.3 is 10.1 Å². The van der Waals surface area contributed by atoms with Crippen LogP contribution in [-0.4, -0.2) is 19.3 Å². The minimum atomic E-state index is 0.328. The van der Waals surface area contributed by atoms with Gasteiger partial charge in [0.15, 0.2) is 0 Å². The van der Waals surface area contributed by atoms with Gasteiger partial charge >= 0.3 is 0 Å². The number of benzene rings is 1. The molecule has 2 nitrogen and oxygen atoms in total. The third kappa shape index (κ3) is 4.63. The van der Waals surface area contributed by atoms with Crippen molar-refractivity contribution in [2.45, 2.75) is 51.2 Å². The Kier molecular flexibility index (Phi) is 6.63. The van der Waals surface area contributed by atoms with E-state index in [9.17, 15) is 0 Å². The molecule has 2 unspecified atom stereocenters. The molecule has 1 heterocycles. The van der Waals surface area contributed by atoms with Gasteiger partial charge in [0.25, 0.3) is 0 Å². The van der Waals surface area contributed by atoms with Crippen molar-refractivity contribution in [1.29, 1.82) is 0 Å². The molecule has 1 fully saturated rings. The van der Waals surface area contributed by atoms with Crippen molar-refractivity contribution in [3.63, 3.8) is 0 Å². The van der Waals surface area contributed by atoms with Crippen molar-refractivity contribution in [3.05, 3.63) is 33.8 Å². The highest BCUT2D eigenvalue weighted by molar-refractivity contribution is 6.42. The first-order valence-electron chi connectivity index (χ1n) is 7.50.